The zero-order valence-electron chi connectivity index (χ0n) is 15.7. The number of hydrogen-bond donors (Lipinski definition) is 0. The third kappa shape index (κ3) is 4.84. The van der Waals surface area contributed by atoms with E-state index in [-0.39, 0.29) is 32.7 Å². The predicted molar refractivity (Wildman–Crippen MR) is 112 cm³/mol. The molecule has 154 valence electrons. The van der Waals surface area contributed by atoms with Crippen LogP contribution in [-0.2, 0) is 9.84 Å². The van der Waals surface area contributed by atoms with Gasteiger partial charge in [0.1, 0.15) is 11.5 Å². The summed E-state index contributed by atoms with van der Waals surface area (Å²) in [4.78, 5) is 23.0. The molecule has 0 saturated heterocycles. The molecule has 0 heterocycles. The van der Waals surface area contributed by atoms with Crippen molar-refractivity contribution in [1.82, 2.24) is 0 Å². The Hall–Kier alpha value is -3.23. The van der Waals surface area contributed by atoms with Crippen molar-refractivity contribution < 1.29 is 22.9 Å². The Morgan fingerprint density at radius 1 is 1.03 bits per heavy atom. The van der Waals surface area contributed by atoms with Gasteiger partial charge >= 0.3 is 5.69 Å². The van der Waals surface area contributed by atoms with E-state index in [0.29, 0.717) is 0 Å². The van der Waals surface area contributed by atoms with Crippen LogP contribution >= 0.6 is 11.6 Å². The topological polar surface area (TPSA) is 104 Å². The van der Waals surface area contributed by atoms with Gasteiger partial charge in [0.25, 0.3) is 0 Å². The minimum absolute atomic E-state index is 0.0635. The molecule has 0 aliphatic carbocycles. The van der Waals surface area contributed by atoms with Crippen molar-refractivity contribution in [1.29, 1.82) is 0 Å². The third-order valence-electron chi connectivity index (χ3n) is 4.24. The van der Waals surface area contributed by atoms with Gasteiger partial charge in [0, 0.05) is 11.6 Å². The van der Waals surface area contributed by atoms with Crippen molar-refractivity contribution >= 4 is 32.9 Å². The normalized spacial score (nSPS) is 11.1. The van der Waals surface area contributed by atoms with E-state index in [1.807, 2.05) is 6.92 Å². The molecule has 7 nitrogen and oxygen atoms in total. The number of nitrogens with zero attached hydrogens (tertiary/aromatic N) is 1. The van der Waals surface area contributed by atoms with Gasteiger partial charge < -0.3 is 4.74 Å². The fourth-order valence-electron chi connectivity index (χ4n) is 2.65. The highest BCUT2D eigenvalue weighted by Crippen LogP contribution is 2.37. The van der Waals surface area contributed by atoms with Crippen molar-refractivity contribution in [2.75, 3.05) is 5.75 Å². The Kier molecular flexibility index (Phi) is 6.19. The van der Waals surface area contributed by atoms with E-state index in [9.17, 15) is 23.3 Å². The molecule has 3 aromatic carbocycles. The van der Waals surface area contributed by atoms with Gasteiger partial charge in [-0.25, -0.2) is 8.42 Å². The van der Waals surface area contributed by atoms with Crippen LogP contribution in [0.3, 0.4) is 0 Å². The second-order valence-electron chi connectivity index (χ2n) is 6.47. The molecule has 0 saturated carbocycles. The fourth-order valence-corrected chi connectivity index (χ4v) is 4.09. The molecule has 0 atom stereocenters. The Morgan fingerprint density at radius 3 is 2.27 bits per heavy atom. The summed E-state index contributed by atoms with van der Waals surface area (Å²) in [5, 5.41) is 11.2. The molecule has 0 unspecified atom stereocenters. The first-order valence-electron chi connectivity index (χ1n) is 8.71. The second-order valence-corrected chi connectivity index (χ2v) is 8.86. The fraction of sp³-hybridized carbons (Fsp3) is 0.0952. The first kappa shape index (κ1) is 21.5. The molecule has 0 amide bonds. The van der Waals surface area contributed by atoms with Gasteiger partial charge in [0.2, 0.25) is 5.75 Å². The highest BCUT2D eigenvalue weighted by molar-refractivity contribution is 7.92. The number of ketones is 1. The number of rotatable bonds is 7. The van der Waals surface area contributed by atoms with Gasteiger partial charge in [0.15, 0.2) is 15.6 Å². The quantitative estimate of drug-likeness (QED) is 0.288. The number of carbonyl (C=O) groups is 1. The van der Waals surface area contributed by atoms with Crippen LogP contribution in [0.1, 0.15) is 15.9 Å². The molecule has 0 aromatic heterocycles. The summed E-state index contributed by atoms with van der Waals surface area (Å²) in [5.74, 6) is -1.16. The zero-order valence-corrected chi connectivity index (χ0v) is 17.3. The van der Waals surface area contributed by atoms with Gasteiger partial charge in [-0.1, -0.05) is 35.4 Å². The smallest absolute Gasteiger partial charge is 0.313 e. The summed E-state index contributed by atoms with van der Waals surface area (Å²) in [6, 6.07) is 16.0. The number of Topliss-reactive ketones (excluding diaryl/α,β-unsaturated/α-hetero) is 1. The maximum Gasteiger partial charge on any atom is 0.313 e. The zero-order chi connectivity index (χ0) is 21.9. The lowest BCUT2D eigenvalue weighted by atomic mass is 10.1. The SMILES string of the molecule is Cc1ccc(S(=O)(=O)CC(=O)c2ccc(Oc3c(Cl)cccc3[N+](=O)[O-])cc2)cc1. The summed E-state index contributed by atoms with van der Waals surface area (Å²) in [5.41, 5.74) is 0.785. The molecule has 0 fully saturated rings. The predicted octanol–water partition coefficient (Wildman–Crippen LogP) is 5.01. The molecule has 9 heteroatoms. The molecule has 30 heavy (non-hydrogen) atoms. The van der Waals surface area contributed by atoms with Crippen LogP contribution in [-0.4, -0.2) is 24.9 Å². The first-order valence-corrected chi connectivity index (χ1v) is 10.7. The molecule has 0 spiro atoms. The summed E-state index contributed by atoms with van der Waals surface area (Å²) >= 11 is 6.00. The van der Waals surface area contributed by atoms with Crippen molar-refractivity contribution in [2.45, 2.75) is 11.8 Å². The van der Waals surface area contributed by atoms with Gasteiger partial charge in [-0.15, -0.1) is 0 Å². The van der Waals surface area contributed by atoms with Crippen molar-refractivity contribution in [3.05, 3.63) is 93.0 Å². The second kappa shape index (κ2) is 8.64. The van der Waals surface area contributed by atoms with Crippen LogP contribution in [0, 0.1) is 17.0 Å². The number of aryl methyl sites for hydroxylation is 1. The van der Waals surface area contributed by atoms with Crippen LogP contribution in [0.15, 0.2) is 71.6 Å². The molecule has 0 aliphatic rings. The average Bonchev–Trinajstić information content (AvgIpc) is 2.70. The van der Waals surface area contributed by atoms with E-state index >= 15 is 0 Å². The number of sulfone groups is 1. The lowest BCUT2D eigenvalue weighted by molar-refractivity contribution is -0.385. The number of halogens is 1. The van der Waals surface area contributed by atoms with Crippen LogP contribution in [0.2, 0.25) is 5.02 Å². The number of nitro benzene ring substituents is 1. The molecule has 3 aromatic rings. The average molecular weight is 446 g/mol. The molecule has 3 rings (SSSR count). The van der Waals surface area contributed by atoms with Crippen molar-refractivity contribution in [3.8, 4) is 11.5 Å². The molecule has 0 radical (unpaired) electrons. The number of benzene rings is 3. The minimum atomic E-state index is -3.78. The number of carbonyl (C=O) groups excluding carboxylic acids is 1. The van der Waals surface area contributed by atoms with Gasteiger partial charge in [-0.2, -0.15) is 0 Å². The van der Waals surface area contributed by atoms with Crippen LogP contribution < -0.4 is 4.74 Å². The Bertz CT molecular complexity index is 1210. The van der Waals surface area contributed by atoms with Crippen molar-refractivity contribution in [2.24, 2.45) is 0 Å². The van der Waals surface area contributed by atoms with Crippen LogP contribution in [0.4, 0.5) is 5.69 Å². The lowest BCUT2D eigenvalue weighted by Gasteiger charge is -2.09. The third-order valence-corrected chi connectivity index (χ3v) is 6.17. The van der Waals surface area contributed by atoms with Gasteiger partial charge in [-0.3, -0.25) is 14.9 Å². The highest BCUT2D eigenvalue weighted by Gasteiger charge is 2.21. The number of ether oxygens (including phenoxy) is 1. The maximum atomic E-state index is 12.5. The van der Waals surface area contributed by atoms with Crippen LogP contribution in [0.25, 0.3) is 0 Å². The van der Waals surface area contributed by atoms with Gasteiger partial charge in [-0.05, 0) is 49.4 Å². The molecule has 0 N–H and O–H groups in total. The summed E-state index contributed by atoms with van der Waals surface area (Å²) in [6.07, 6.45) is 0. The summed E-state index contributed by atoms with van der Waals surface area (Å²) in [7, 11) is -3.78. The highest BCUT2D eigenvalue weighted by atomic mass is 35.5. The van der Waals surface area contributed by atoms with E-state index in [4.69, 9.17) is 16.3 Å². The number of hydrogen-bond acceptors (Lipinski definition) is 6. The molecular weight excluding hydrogens is 430 g/mol. The summed E-state index contributed by atoms with van der Waals surface area (Å²) in [6.45, 7) is 1.84. The summed E-state index contributed by atoms with van der Waals surface area (Å²) < 4.78 is 30.4. The Labute approximate surface area is 177 Å². The first-order chi connectivity index (χ1) is 14.2. The van der Waals surface area contributed by atoms with E-state index in [1.54, 1.807) is 12.1 Å². The van der Waals surface area contributed by atoms with E-state index < -0.39 is 26.3 Å². The lowest BCUT2D eigenvalue weighted by Crippen LogP contribution is -2.16. The standard InChI is InChI=1S/C21H16ClNO6S/c1-14-5-11-17(12-6-14)30(27,28)13-20(24)15-7-9-16(10-8-15)29-21-18(22)3-2-4-19(21)23(25)26/h2-12H,13H2,1H3. The Balaban J connectivity index is 1.77. The monoisotopic (exact) mass is 445 g/mol. The van der Waals surface area contributed by atoms with E-state index in [2.05, 4.69) is 0 Å². The number of nitro groups is 1. The van der Waals surface area contributed by atoms with Crippen molar-refractivity contribution in [3.63, 3.8) is 0 Å². The van der Waals surface area contributed by atoms with Gasteiger partial charge in [0.05, 0.1) is 14.8 Å². The molecule has 0 bridgehead atoms. The molecular formula is C21H16ClNO6S. The van der Waals surface area contributed by atoms with Crippen LogP contribution in [0.5, 0.6) is 11.5 Å². The largest absolute Gasteiger partial charge is 0.449 e. The van der Waals surface area contributed by atoms with E-state index in [1.165, 1.54) is 54.6 Å². The molecule has 0 aliphatic heterocycles. The Morgan fingerprint density at radius 2 is 1.67 bits per heavy atom. The minimum Gasteiger partial charge on any atom is -0.449 e. The number of para-hydroxylation sites is 1. The maximum absolute atomic E-state index is 12.5. The van der Waals surface area contributed by atoms with E-state index in [0.717, 1.165) is 5.56 Å².